The van der Waals surface area contributed by atoms with Gasteiger partial charge in [-0.25, -0.2) is 12.8 Å². The van der Waals surface area contributed by atoms with Crippen LogP contribution in [0.15, 0.2) is 53.4 Å². The monoisotopic (exact) mass is 307 g/mol. The topological polar surface area (TPSA) is 46.6 Å². The van der Waals surface area contributed by atoms with Crippen molar-refractivity contribution < 1.29 is 17.5 Å². The minimum atomic E-state index is -3.88. The van der Waals surface area contributed by atoms with E-state index in [0.29, 0.717) is 5.75 Å². The van der Waals surface area contributed by atoms with Crippen molar-refractivity contribution in [3.8, 4) is 5.75 Å². The number of rotatable bonds is 2. The zero-order valence-electron chi connectivity index (χ0n) is 11.2. The van der Waals surface area contributed by atoms with E-state index >= 15 is 0 Å². The first-order chi connectivity index (χ1) is 10.1. The second-order valence-electron chi connectivity index (χ2n) is 4.73. The highest BCUT2D eigenvalue weighted by atomic mass is 32.2. The normalized spacial score (nSPS) is 15.9. The lowest BCUT2D eigenvalue weighted by Crippen LogP contribution is -2.33. The third-order valence-corrected chi connectivity index (χ3v) is 5.25. The van der Waals surface area contributed by atoms with Crippen molar-refractivity contribution in [3.05, 3.63) is 59.9 Å². The summed E-state index contributed by atoms with van der Waals surface area (Å²) in [6, 6.07) is 12.7. The Labute approximate surface area is 122 Å². The summed E-state index contributed by atoms with van der Waals surface area (Å²) in [6.07, 6.45) is 0. The van der Waals surface area contributed by atoms with Gasteiger partial charge in [0.15, 0.2) is 0 Å². The molecule has 1 aliphatic heterocycles. The van der Waals surface area contributed by atoms with E-state index in [0.717, 1.165) is 11.6 Å². The number of para-hydroxylation sites is 1. The Hall–Kier alpha value is -1.92. The molecule has 4 nitrogen and oxygen atoms in total. The van der Waals surface area contributed by atoms with Crippen molar-refractivity contribution in [1.82, 2.24) is 4.31 Å². The second kappa shape index (κ2) is 5.46. The van der Waals surface area contributed by atoms with Gasteiger partial charge in [-0.1, -0.05) is 30.3 Å². The van der Waals surface area contributed by atoms with Crippen molar-refractivity contribution in [1.29, 1.82) is 0 Å². The largest absolute Gasteiger partial charge is 0.492 e. The number of benzene rings is 2. The van der Waals surface area contributed by atoms with Crippen LogP contribution in [0.1, 0.15) is 5.56 Å². The molecule has 0 bridgehead atoms. The Bertz CT molecular complexity index is 761. The average Bonchev–Trinajstić information content (AvgIpc) is 2.70. The highest BCUT2D eigenvalue weighted by Crippen LogP contribution is 2.27. The van der Waals surface area contributed by atoms with E-state index in [1.165, 1.54) is 22.5 Å². The summed E-state index contributed by atoms with van der Waals surface area (Å²) < 4.78 is 45.8. The van der Waals surface area contributed by atoms with Crippen LogP contribution in [-0.2, 0) is 16.6 Å². The molecule has 0 spiro atoms. The fraction of sp³-hybridized carbons (Fsp3) is 0.200. The van der Waals surface area contributed by atoms with Crippen molar-refractivity contribution in [2.24, 2.45) is 0 Å². The van der Waals surface area contributed by atoms with Gasteiger partial charge in [0.05, 0.1) is 0 Å². The van der Waals surface area contributed by atoms with Crippen LogP contribution < -0.4 is 4.74 Å². The number of hydrogen-bond donors (Lipinski definition) is 0. The van der Waals surface area contributed by atoms with E-state index in [-0.39, 0.29) is 24.6 Å². The molecule has 0 unspecified atom stereocenters. The molecule has 21 heavy (non-hydrogen) atoms. The van der Waals surface area contributed by atoms with Crippen LogP contribution in [0.2, 0.25) is 0 Å². The van der Waals surface area contributed by atoms with Crippen LogP contribution in [0, 0.1) is 5.82 Å². The molecule has 110 valence electrons. The summed E-state index contributed by atoms with van der Waals surface area (Å²) in [5.74, 6) is -0.0697. The average molecular weight is 307 g/mol. The number of fused-ring (bicyclic) bond motifs is 1. The molecule has 2 aromatic rings. The molecule has 0 amide bonds. The molecule has 3 rings (SSSR count). The summed E-state index contributed by atoms with van der Waals surface area (Å²) in [4.78, 5) is -0.301. The third kappa shape index (κ3) is 2.64. The molecular formula is C15H14FNO3S. The highest BCUT2D eigenvalue weighted by Gasteiger charge is 2.29. The second-order valence-corrected chi connectivity index (χ2v) is 6.63. The van der Waals surface area contributed by atoms with Gasteiger partial charge >= 0.3 is 0 Å². The maximum atomic E-state index is 13.8. The fourth-order valence-electron chi connectivity index (χ4n) is 2.30. The lowest BCUT2D eigenvalue weighted by Gasteiger charge is -2.19. The molecule has 0 aromatic heterocycles. The SMILES string of the molecule is O=S(=O)(c1ccccc1F)N1CCOc2ccccc2C1. The lowest BCUT2D eigenvalue weighted by atomic mass is 10.2. The molecule has 1 heterocycles. The standard InChI is InChI=1S/C15H14FNO3S/c16-13-6-2-4-8-15(13)21(18,19)17-9-10-20-14-7-3-1-5-12(14)11-17/h1-8H,9-11H2. The van der Waals surface area contributed by atoms with E-state index in [2.05, 4.69) is 0 Å². The summed E-state index contributed by atoms with van der Waals surface area (Å²) in [5, 5.41) is 0. The molecule has 0 atom stereocenters. The summed E-state index contributed by atoms with van der Waals surface area (Å²) in [5.41, 5.74) is 0.773. The minimum absolute atomic E-state index is 0.173. The molecular weight excluding hydrogens is 293 g/mol. The Morgan fingerprint density at radius 1 is 1.05 bits per heavy atom. The summed E-state index contributed by atoms with van der Waals surface area (Å²) >= 11 is 0. The first-order valence-electron chi connectivity index (χ1n) is 6.54. The molecule has 0 radical (unpaired) electrons. The number of hydrogen-bond acceptors (Lipinski definition) is 3. The molecule has 6 heteroatoms. The zero-order chi connectivity index (χ0) is 14.9. The van der Waals surface area contributed by atoms with Gasteiger partial charge in [-0.15, -0.1) is 0 Å². The van der Waals surface area contributed by atoms with Crippen LogP contribution in [0.5, 0.6) is 5.75 Å². The fourth-order valence-corrected chi connectivity index (χ4v) is 3.77. The van der Waals surface area contributed by atoms with Crippen molar-refractivity contribution in [3.63, 3.8) is 0 Å². The van der Waals surface area contributed by atoms with E-state index in [4.69, 9.17) is 4.74 Å². The molecule has 0 aliphatic carbocycles. The maximum absolute atomic E-state index is 13.8. The molecule has 0 saturated carbocycles. The number of sulfonamides is 1. The van der Waals surface area contributed by atoms with E-state index in [1.54, 1.807) is 6.07 Å². The van der Waals surface area contributed by atoms with E-state index < -0.39 is 15.8 Å². The van der Waals surface area contributed by atoms with Crippen LogP contribution in [0.4, 0.5) is 4.39 Å². The molecule has 1 aliphatic rings. The van der Waals surface area contributed by atoms with Gasteiger partial charge in [-0.05, 0) is 18.2 Å². The Morgan fingerprint density at radius 2 is 1.76 bits per heavy atom. The predicted octanol–water partition coefficient (Wildman–Crippen LogP) is 2.41. The van der Waals surface area contributed by atoms with Gasteiger partial charge in [0.1, 0.15) is 23.1 Å². The molecule has 0 fully saturated rings. The van der Waals surface area contributed by atoms with Gasteiger partial charge < -0.3 is 4.74 Å². The zero-order valence-corrected chi connectivity index (χ0v) is 12.0. The Morgan fingerprint density at radius 3 is 2.57 bits per heavy atom. The first-order valence-corrected chi connectivity index (χ1v) is 7.98. The van der Waals surface area contributed by atoms with Crippen molar-refractivity contribution in [2.45, 2.75) is 11.4 Å². The minimum Gasteiger partial charge on any atom is -0.492 e. The number of halogens is 1. The smallest absolute Gasteiger partial charge is 0.246 e. The van der Waals surface area contributed by atoms with E-state index in [9.17, 15) is 12.8 Å². The van der Waals surface area contributed by atoms with Gasteiger partial charge in [-0.3, -0.25) is 0 Å². The Balaban J connectivity index is 1.99. The van der Waals surface area contributed by atoms with Crippen LogP contribution in [0.3, 0.4) is 0 Å². The predicted molar refractivity (Wildman–Crippen MR) is 75.9 cm³/mol. The summed E-state index contributed by atoms with van der Waals surface area (Å²) in [6.45, 7) is 0.600. The van der Waals surface area contributed by atoms with Crippen LogP contribution in [-0.4, -0.2) is 25.9 Å². The Kier molecular flexibility index (Phi) is 3.65. The van der Waals surface area contributed by atoms with Crippen LogP contribution >= 0.6 is 0 Å². The highest BCUT2D eigenvalue weighted by molar-refractivity contribution is 7.89. The molecule has 0 N–H and O–H groups in total. The first kappa shape index (κ1) is 14.0. The summed E-state index contributed by atoms with van der Waals surface area (Å²) in [7, 11) is -3.88. The quantitative estimate of drug-likeness (QED) is 0.856. The molecule has 0 saturated heterocycles. The number of ether oxygens (including phenoxy) is 1. The third-order valence-electron chi connectivity index (χ3n) is 3.37. The van der Waals surface area contributed by atoms with Gasteiger partial charge in [0.2, 0.25) is 10.0 Å². The maximum Gasteiger partial charge on any atom is 0.246 e. The van der Waals surface area contributed by atoms with Gasteiger partial charge in [0, 0.05) is 18.7 Å². The van der Waals surface area contributed by atoms with Crippen LogP contribution in [0.25, 0.3) is 0 Å². The van der Waals surface area contributed by atoms with Crippen molar-refractivity contribution in [2.75, 3.05) is 13.2 Å². The molecule has 2 aromatic carbocycles. The number of nitrogens with zero attached hydrogens (tertiary/aromatic N) is 1. The lowest BCUT2D eigenvalue weighted by molar-refractivity contribution is 0.292. The van der Waals surface area contributed by atoms with Gasteiger partial charge in [-0.2, -0.15) is 4.31 Å². The van der Waals surface area contributed by atoms with E-state index in [1.807, 2.05) is 18.2 Å². The van der Waals surface area contributed by atoms with Gasteiger partial charge in [0.25, 0.3) is 0 Å². The van der Waals surface area contributed by atoms with Crippen molar-refractivity contribution >= 4 is 10.0 Å².